The molecule has 39 heavy (non-hydrogen) atoms. The van der Waals surface area contributed by atoms with Crippen LogP contribution in [0.3, 0.4) is 0 Å². The molecule has 4 rings (SSSR count). The van der Waals surface area contributed by atoms with Gasteiger partial charge in [-0.3, -0.25) is 9.11 Å². The molecule has 10 nitrogen and oxygen atoms in total. The zero-order chi connectivity index (χ0) is 27.9. The van der Waals surface area contributed by atoms with E-state index in [4.69, 9.17) is 18.3 Å². The average molecular weight is 576 g/mol. The molecule has 2 N–H and O–H groups in total. The summed E-state index contributed by atoms with van der Waals surface area (Å²) < 4.78 is 76.0. The third-order valence-corrected chi connectivity index (χ3v) is 7.65. The molecule has 0 bridgehead atoms. The van der Waals surface area contributed by atoms with Crippen molar-refractivity contribution in [2.45, 2.75) is 32.2 Å². The smallest absolute Gasteiger partial charge is 0.374 e. The largest absolute Gasteiger partial charge is 0.439 e. The maximum absolute atomic E-state index is 11.0. The molecule has 0 radical (unpaired) electrons. The zero-order valence-corrected chi connectivity index (χ0v) is 22.9. The van der Waals surface area contributed by atoms with Gasteiger partial charge in [-0.15, -0.1) is 0 Å². The van der Waals surface area contributed by atoms with Crippen LogP contribution in [0.15, 0.2) is 83.1 Å². The van der Waals surface area contributed by atoms with E-state index in [0.29, 0.717) is 61.9 Å². The van der Waals surface area contributed by atoms with Crippen molar-refractivity contribution in [2.24, 2.45) is 0 Å². The monoisotopic (exact) mass is 575 g/mol. The summed E-state index contributed by atoms with van der Waals surface area (Å²) in [6.07, 6.45) is 10.9. The van der Waals surface area contributed by atoms with Gasteiger partial charge in [-0.25, -0.2) is 0 Å². The van der Waals surface area contributed by atoms with Gasteiger partial charge >= 0.3 is 5.89 Å². The lowest BCUT2D eigenvalue weighted by Gasteiger charge is -2.17. The lowest BCUT2D eigenvalue weighted by Crippen LogP contribution is -2.35. The number of allylic oxidation sites excluding steroid dienone is 4. The predicted molar refractivity (Wildman–Crippen MR) is 148 cm³/mol. The molecule has 208 valence electrons. The molecule has 0 atom stereocenters. The lowest BCUT2D eigenvalue weighted by molar-refractivity contribution is -0.678. The summed E-state index contributed by atoms with van der Waals surface area (Å²) >= 11 is 0. The van der Waals surface area contributed by atoms with Gasteiger partial charge in [0, 0.05) is 19.0 Å². The topological polar surface area (TPSA) is 138 Å². The molecular formula is C27H31N2O8S2+. The number of nitrogens with zero attached hydrogens (tertiary/aromatic N) is 2. The van der Waals surface area contributed by atoms with Crippen molar-refractivity contribution in [2.75, 3.05) is 23.0 Å². The molecule has 0 saturated heterocycles. The van der Waals surface area contributed by atoms with Gasteiger partial charge in [0.25, 0.3) is 25.8 Å². The maximum Gasteiger partial charge on any atom is 0.374 e. The second kappa shape index (κ2) is 12.6. The third kappa shape index (κ3) is 8.27. The number of benzene rings is 2. The van der Waals surface area contributed by atoms with E-state index >= 15 is 0 Å². The Hall–Kier alpha value is -3.45. The van der Waals surface area contributed by atoms with Crippen LogP contribution in [-0.4, -0.2) is 44.0 Å². The van der Waals surface area contributed by atoms with Crippen molar-refractivity contribution in [3.63, 3.8) is 0 Å². The van der Waals surface area contributed by atoms with Gasteiger partial charge in [0.1, 0.15) is 0 Å². The molecule has 0 spiro atoms. The number of anilines is 1. The fourth-order valence-electron chi connectivity index (χ4n) is 4.26. The number of para-hydroxylation sites is 4. The SMILES string of the molecule is O=S(=O)(O)CCCCN1C(=CC=CC=Cc2oc3ccccc3[n+]2CCCCS(=O)(=O)O)Oc2ccccc21. The molecule has 2 aromatic carbocycles. The molecule has 0 saturated carbocycles. The third-order valence-electron chi connectivity index (χ3n) is 6.04. The van der Waals surface area contributed by atoms with Gasteiger partial charge in [0.05, 0.1) is 23.3 Å². The summed E-state index contributed by atoms with van der Waals surface area (Å²) in [6, 6.07) is 15.1. The van der Waals surface area contributed by atoms with Crippen molar-refractivity contribution >= 4 is 43.1 Å². The van der Waals surface area contributed by atoms with E-state index in [-0.39, 0.29) is 11.5 Å². The Labute approximate surface area is 228 Å². The molecule has 0 fully saturated rings. The highest BCUT2D eigenvalue weighted by molar-refractivity contribution is 7.86. The normalized spacial score (nSPS) is 15.1. The summed E-state index contributed by atoms with van der Waals surface area (Å²) in [4.78, 5) is 1.97. The molecular weight excluding hydrogens is 544 g/mol. The molecule has 0 aliphatic carbocycles. The van der Waals surface area contributed by atoms with Crippen LogP contribution in [0, 0.1) is 0 Å². The van der Waals surface area contributed by atoms with Gasteiger partial charge in [-0.05, 0) is 43.5 Å². The Morgan fingerprint density at radius 3 is 2.28 bits per heavy atom. The summed E-state index contributed by atoms with van der Waals surface area (Å²) in [6.45, 7) is 1.05. The van der Waals surface area contributed by atoms with E-state index in [1.807, 2.05) is 88.4 Å². The second-order valence-corrected chi connectivity index (χ2v) is 12.2. The summed E-state index contributed by atoms with van der Waals surface area (Å²) in [5.74, 6) is 1.35. The number of rotatable bonds is 13. The van der Waals surface area contributed by atoms with Gasteiger partial charge < -0.3 is 14.1 Å². The quantitative estimate of drug-likeness (QED) is 0.132. The Balaban J connectivity index is 1.44. The van der Waals surface area contributed by atoms with Gasteiger partial charge in [0.2, 0.25) is 11.5 Å². The first kappa shape index (κ1) is 28.6. The number of unbranched alkanes of at least 4 members (excludes halogenated alkanes) is 2. The van der Waals surface area contributed by atoms with Crippen LogP contribution in [0.25, 0.3) is 17.2 Å². The number of ether oxygens (including phenoxy) is 1. The van der Waals surface area contributed by atoms with Crippen LogP contribution in [0.2, 0.25) is 0 Å². The number of fused-ring (bicyclic) bond motifs is 2. The molecule has 3 aromatic rings. The van der Waals surface area contributed by atoms with Crippen LogP contribution >= 0.6 is 0 Å². The highest BCUT2D eigenvalue weighted by Gasteiger charge is 2.25. The molecule has 12 heteroatoms. The minimum absolute atomic E-state index is 0.282. The van der Waals surface area contributed by atoms with Crippen LogP contribution in [0.5, 0.6) is 5.75 Å². The Bertz CT molecular complexity index is 1610. The highest BCUT2D eigenvalue weighted by atomic mass is 32.2. The first-order valence-electron chi connectivity index (χ1n) is 12.5. The van der Waals surface area contributed by atoms with Crippen molar-refractivity contribution in [3.05, 3.63) is 84.6 Å². The number of aromatic nitrogens is 1. The standard InChI is InChI=1S/C27H30N2O8S2/c30-38(31,32)20-10-8-18-28-22-12-4-6-14-24(22)36-26(28)16-2-1-3-17-27-29(19-9-11-21-39(33,34)35)23-13-5-7-15-25(23)37-27/h1-7,12-17H,8-11,18-21H2,(H-,30,31,32,33,34,35)/p+1. The van der Waals surface area contributed by atoms with E-state index in [0.717, 1.165) is 11.2 Å². The minimum atomic E-state index is -3.99. The number of hydrogen-bond acceptors (Lipinski definition) is 7. The van der Waals surface area contributed by atoms with Crippen LogP contribution in [0.1, 0.15) is 31.6 Å². The number of hydrogen-bond donors (Lipinski definition) is 2. The van der Waals surface area contributed by atoms with Gasteiger partial charge in [-0.1, -0.05) is 42.5 Å². The van der Waals surface area contributed by atoms with Crippen LogP contribution in [-0.2, 0) is 26.8 Å². The van der Waals surface area contributed by atoms with Crippen molar-refractivity contribution in [1.29, 1.82) is 0 Å². The van der Waals surface area contributed by atoms with E-state index < -0.39 is 20.2 Å². The fourth-order valence-corrected chi connectivity index (χ4v) is 5.40. The molecule has 1 aromatic heterocycles. The summed E-state index contributed by atoms with van der Waals surface area (Å²) in [5, 5.41) is 0. The molecule has 1 aliphatic rings. The van der Waals surface area contributed by atoms with Crippen molar-refractivity contribution < 1.29 is 39.7 Å². The predicted octanol–water partition coefficient (Wildman–Crippen LogP) is 4.37. The van der Waals surface area contributed by atoms with E-state index in [1.54, 1.807) is 0 Å². The lowest BCUT2D eigenvalue weighted by atomic mass is 10.2. The fraction of sp³-hybridized carbons (Fsp3) is 0.296. The first-order valence-corrected chi connectivity index (χ1v) is 15.7. The van der Waals surface area contributed by atoms with Gasteiger partial charge in [-0.2, -0.15) is 21.4 Å². The van der Waals surface area contributed by atoms with E-state index in [1.165, 1.54) is 0 Å². The van der Waals surface area contributed by atoms with Crippen molar-refractivity contribution in [1.82, 2.24) is 0 Å². The van der Waals surface area contributed by atoms with Crippen LogP contribution < -0.4 is 14.2 Å². The highest BCUT2D eigenvalue weighted by Crippen LogP contribution is 2.38. The second-order valence-electron chi connectivity index (χ2n) is 9.02. The van der Waals surface area contributed by atoms with Crippen LogP contribution in [0.4, 0.5) is 5.69 Å². The molecule has 2 heterocycles. The van der Waals surface area contributed by atoms with Crippen molar-refractivity contribution in [3.8, 4) is 5.75 Å². The first-order chi connectivity index (χ1) is 18.6. The number of aryl methyl sites for hydroxylation is 1. The minimum Gasteiger partial charge on any atom is -0.439 e. The average Bonchev–Trinajstić information content (AvgIpc) is 3.40. The molecule has 1 aliphatic heterocycles. The summed E-state index contributed by atoms with van der Waals surface area (Å²) in [5.41, 5.74) is 2.48. The van der Waals surface area contributed by atoms with Gasteiger partial charge in [0.15, 0.2) is 12.3 Å². The summed E-state index contributed by atoms with van der Waals surface area (Å²) in [7, 11) is -7.98. The van der Waals surface area contributed by atoms with E-state index in [2.05, 4.69) is 0 Å². The maximum atomic E-state index is 11.0. The Morgan fingerprint density at radius 1 is 0.821 bits per heavy atom. The Kier molecular flexibility index (Phi) is 9.23. The molecule has 0 unspecified atom stereocenters. The Morgan fingerprint density at radius 2 is 1.51 bits per heavy atom. The zero-order valence-electron chi connectivity index (χ0n) is 21.2. The number of oxazole rings is 1. The molecule has 0 amide bonds. The van der Waals surface area contributed by atoms with E-state index in [9.17, 15) is 16.8 Å².